The monoisotopic (exact) mass is 283 g/mol. The summed E-state index contributed by atoms with van der Waals surface area (Å²) in [4.78, 5) is 0. The third-order valence-corrected chi connectivity index (χ3v) is 2.84. The van der Waals surface area contributed by atoms with Crippen LogP contribution in [0.2, 0.25) is 5.02 Å². The molecule has 0 aliphatic heterocycles. The van der Waals surface area contributed by atoms with E-state index >= 15 is 0 Å². The number of hydrogen-bond donors (Lipinski definition) is 1. The Bertz CT molecular complexity index is 590. The van der Waals surface area contributed by atoms with Crippen molar-refractivity contribution in [3.8, 4) is 11.5 Å². The second-order valence-electron chi connectivity index (χ2n) is 3.98. The molecular formula is C14H12ClF2NO. The van der Waals surface area contributed by atoms with Crippen LogP contribution in [0.15, 0.2) is 36.4 Å². The Labute approximate surface area is 114 Å². The molecule has 0 aliphatic rings. The first-order chi connectivity index (χ1) is 9.10. The Balaban J connectivity index is 2.25. The van der Waals surface area contributed by atoms with Gasteiger partial charge in [0.1, 0.15) is 11.6 Å². The molecule has 5 heteroatoms. The first kappa shape index (κ1) is 13.8. The summed E-state index contributed by atoms with van der Waals surface area (Å²) in [6.07, 6.45) is 0.689. The van der Waals surface area contributed by atoms with Crippen LogP contribution in [0.3, 0.4) is 0 Å². The van der Waals surface area contributed by atoms with Crippen molar-refractivity contribution in [1.29, 1.82) is 0 Å². The van der Waals surface area contributed by atoms with Gasteiger partial charge < -0.3 is 10.5 Å². The van der Waals surface area contributed by atoms with E-state index in [2.05, 4.69) is 0 Å². The molecule has 2 N–H and O–H groups in total. The van der Waals surface area contributed by atoms with Crippen LogP contribution in [0.4, 0.5) is 8.78 Å². The van der Waals surface area contributed by atoms with Crippen LogP contribution in [0.5, 0.6) is 11.5 Å². The first-order valence-corrected chi connectivity index (χ1v) is 6.09. The third kappa shape index (κ3) is 3.43. The summed E-state index contributed by atoms with van der Waals surface area (Å²) in [7, 11) is 0. The number of halogens is 3. The Morgan fingerprint density at radius 3 is 2.53 bits per heavy atom. The maximum atomic E-state index is 13.4. The minimum absolute atomic E-state index is 0.200. The summed E-state index contributed by atoms with van der Waals surface area (Å²) in [5, 5.41) is 0.328. The molecule has 0 saturated carbocycles. The highest BCUT2D eigenvalue weighted by atomic mass is 35.5. The Kier molecular flexibility index (Phi) is 4.35. The van der Waals surface area contributed by atoms with E-state index < -0.39 is 11.6 Å². The van der Waals surface area contributed by atoms with Crippen molar-refractivity contribution >= 4 is 11.6 Å². The molecule has 19 heavy (non-hydrogen) atoms. The number of benzene rings is 2. The standard InChI is InChI=1S/C14H12ClF2NO/c15-11-7-9(5-6-18)1-4-13(11)19-14-8-10(16)2-3-12(14)17/h1-4,7-8H,5-6,18H2. The lowest BCUT2D eigenvalue weighted by atomic mass is 10.1. The average molecular weight is 284 g/mol. The van der Waals surface area contributed by atoms with E-state index in [1.165, 1.54) is 0 Å². The SMILES string of the molecule is NCCc1ccc(Oc2cc(F)ccc2F)c(Cl)c1. The van der Waals surface area contributed by atoms with Gasteiger partial charge in [0.05, 0.1) is 5.02 Å². The molecule has 0 radical (unpaired) electrons. The van der Waals surface area contributed by atoms with Gasteiger partial charge in [-0.25, -0.2) is 8.78 Å². The fourth-order valence-electron chi connectivity index (χ4n) is 1.62. The van der Waals surface area contributed by atoms with E-state index in [9.17, 15) is 8.78 Å². The van der Waals surface area contributed by atoms with Crippen molar-refractivity contribution in [3.63, 3.8) is 0 Å². The molecule has 0 bridgehead atoms. The van der Waals surface area contributed by atoms with Crippen molar-refractivity contribution in [2.24, 2.45) is 5.73 Å². The van der Waals surface area contributed by atoms with Crippen LogP contribution in [0, 0.1) is 11.6 Å². The van der Waals surface area contributed by atoms with Gasteiger partial charge in [0.2, 0.25) is 0 Å². The van der Waals surface area contributed by atoms with Crippen LogP contribution < -0.4 is 10.5 Å². The molecule has 2 rings (SSSR count). The molecule has 0 fully saturated rings. The zero-order chi connectivity index (χ0) is 13.8. The zero-order valence-electron chi connectivity index (χ0n) is 10.00. The quantitative estimate of drug-likeness (QED) is 0.923. The summed E-state index contributed by atoms with van der Waals surface area (Å²) in [6.45, 7) is 0.509. The number of ether oxygens (including phenoxy) is 1. The second-order valence-corrected chi connectivity index (χ2v) is 4.39. The molecule has 0 saturated heterocycles. The topological polar surface area (TPSA) is 35.2 Å². The van der Waals surface area contributed by atoms with Gasteiger partial charge in [0, 0.05) is 6.07 Å². The molecule has 0 unspecified atom stereocenters. The van der Waals surface area contributed by atoms with Crippen molar-refractivity contribution in [3.05, 3.63) is 58.6 Å². The molecule has 0 aromatic heterocycles. The van der Waals surface area contributed by atoms with Gasteiger partial charge in [-0.2, -0.15) is 0 Å². The van der Waals surface area contributed by atoms with E-state index in [-0.39, 0.29) is 11.5 Å². The predicted molar refractivity (Wildman–Crippen MR) is 70.6 cm³/mol. The molecule has 100 valence electrons. The Morgan fingerprint density at radius 1 is 1.05 bits per heavy atom. The van der Waals surface area contributed by atoms with Crippen molar-refractivity contribution in [2.45, 2.75) is 6.42 Å². The maximum Gasteiger partial charge on any atom is 0.166 e. The molecule has 0 amide bonds. The van der Waals surface area contributed by atoms with Crippen LogP contribution in [-0.4, -0.2) is 6.54 Å². The summed E-state index contributed by atoms with van der Waals surface area (Å²) < 4.78 is 31.7. The van der Waals surface area contributed by atoms with Gasteiger partial charge in [0.25, 0.3) is 0 Å². The lowest BCUT2D eigenvalue weighted by molar-refractivity contribution is 0.436. The van der Waals surface area contributed by atoms with E-state index in [0.29, 0.717) is 18.0 Å². The molecule has 2 aromatic carbocycles. The van der Waals surface area contributed by atoms with Gasteiger partial charge in [-0.1, -0.05) is 17.7 Å². The predicted octanol–water partition coefficient (Wildman–Crippen LogP) is 3.91. The van der Waals surface area contributed by atoms with Crippen LogP contribution in [0.25, 0.3) is 0 Å². The van der Waals surface area contributed by atoms with Crippen molar-refractivity contribution < 1.29 is 13.5 Å². The summed E-state index contributed by atoms with van der Waals surface area (Å²) in [5.41, 5.74) is 6.40. The first-order valence-electron chi connectivity index (χ1n) is 5.71. The molecule has 0 spiro atoms. The molecule has 0 heterocycles. The van der Waals surface area contributed by atoms with Gasteiger partial charge >= 0.3 is 0 Å². The lowest BCUT2D eigenvalue weighted by Gasteiger charge is -2.09. The molecular weight excluding hydrogens is 272 g/mol. The highest BCUT2D eigenvalue weighted by Crippen LogP contribution is 2.31. The zero-order valence-corrected chi connectivity index (χ0v) is 10.8. The van der Waals surface area contributed by atoms with Gasteiger partial charge in [0.15, 0.2) is 11.6 Å². The Morgan fingerprint density at radius 2 is 1.84 bits per heavy atom. The fraction of sp³-hybridized carbons (Fsp3) is 0.143. The minimum atomic E-state index is -0.650. The van der Waals surface area contributed by atoms with Gasteiger partial charge in [-0.3, -0.25) is 0 Å². The van der Waals surface area contributed by atoms with Crippen molar-refractivity contribution in [2.75, 3.05) is 6.54 Å². The molecule has 2 nitrogen and oxygen atoms in total. The van der Waals surface area contributed by atoms with Crippen LogP contribution >= 0.6 is 11.6 Å². The normalized spacial score (nSPS) is 10.5. The van der Waals surface area contributed by atoms with Crippen LogP contribution in [-0.2, 0) is 6.42 Å². The molecule has 0 atom stereocenters. The summed E-state index contributed by atoms with van der Waals surface area (Å²) in [6, 6.07) is 8.08. The van der Waals surface area contributed by atoms with E-state index in [4.69, 9.17) is 22.1 Å². The van der Waals surface area contributed by atoms with E-state index in [1.807, 2.05) is 0 Å². The highest BCUT2D eigenvalue weighted by Gasteiger charge is 2.09. The van der Waals surface area contributed by atoms with E-state index in [0.717, 1.165) is 23.8 Å². The van der Waals surface area contributed by atoms with Crippen molar-refractivity contribution in [1.82, 2.24) is 0 Å². The molecule has 0 aliphatic carbocycles. The van der Waals surface area contributed by atoms with Crippen LogP contribution in [0.1, 0.15) is 5.56 Å². The summed E-state index contributed by atoms with van der Waals surface area (Å²) >= 11 is 6.03. The molecule has 2 aromatic rings. The number of hydrogen-bond acceptors (Lipinski definition) is 2. The van der Waals surface area contributed by atoms with Gasteiger partial charge in [-0.05, 0) is 42.8 Å². The number of rotatable bonds is 4. The minimum Gasteiger partial charge on any atom is -0.453 e. The van der Waals surface area contributed by atoms with E-state index in [1.54, 1.807) is 18.2 Å². The lowest BCUT2D eigenvalue weighted by Crippen LogP contribution is -2.02. The summed E-state index contributed by atoms with van der Waals surface area (Å²) in [5.74, 6) is -1.16. The average Bonchev–Trinajstić information content (AvgIpc) is 2.37. The van der Waals surface area contributed by atoms with Gasteiger partial charge in [-0.15, -0.1) is 0 Å². The largest absolute Gasteiger partial charge is 0.453 e. The third-order valence-electron chi connectivity index (χ3n) is 2.54. The number of nitrogens with two attached hydrogens (primary N) is 1. The fourth-order valence-corrected chi connectivity index (χ4v) is 1.86. The maximum absolute atomic E-state index is 13.4. The smallest absolute Gasteiger partial charge is 0.166 e. The second kappa shape index (κ2) is 5.99. The highest BCUT2D eigenvalue weighted by molar-refractivity contribution is 6.32. The Hall–Kier alpha value is -1.65.